The Labute approximate surface area is 224 Å². The van der Waals surface area contributed by atoms with E-state index in [2.05, 4.69) is 22.8 Å². The molecule has 0 radical (unpaired) electrons. The average Bonchev–Trinajstić information content (AvgIpc) is 2.93. The predicted molar refractivity (Wildman–Crippen MR) is 144 cm³/mol. The van der Waals surface area contributed by atoms with Gasteiger partial charge in [0.25, 0.3) is 0 Å². The summed E-state index contributed by atoms with van der Waals surface area (Å²) in [7, 11) is 0. The number of hydrogen-bond acceptors (Lipinski definition) is 6. The first kappa shape index (κ1) is 26.6. The first-order valence-corrected chi connectivity index (χ1v) is 14.0. The molecule has 1 saturated heterocycles. The Kier molecular flexibility index (Phi) is 8.59. The Balaban J connectivity index is 1.06. The van der Waals surface area contributed by atoms with Crippen LogP contribution in [0.5, 0.6) is 0 Å². The van der Waals surface area contributed by atoms with E-state index in [1.54, 1.807) is 0 Å². The molecule has 1 amide bonds. The zero-order valence-corrected chi connectivity index (χ0v) is 22.0. The summed E-state index contributed by atoms with van der Waals surface area (Å²) in [5.74, 6) is 0.389. The SMILES string of the molecule is O=C(O)C(CCOC1CC(CCc2ccc3c(n2)NCCC3)C1)NC(=O)C1(c2ccccc2)CCOCC1. The highest BCUT2D eigenvalue weighted by Crippen LogP contribution is 2.36. The lowest BCUT2D eigenvalue weighted by Gasteiger charge is -2.37. The molecule has 0 bridgehead atoms. The third-order valence-electron chi connectivity index (χ3n) is 8.42. The Hall–Kier alpha value is -2.97. The Bertz CT molecular complexity index is 1100. The van der Waals surface area contributed by atoms with Gasteiger partial charge < -0.3 is 25.2 Å². The second-order valence-corrected chi connectivity index (χ2v) is 10.9. The van der Waals surface area contributed by atoms with Gasteiger partial charge in [0.05, 0.1) is 11.5 Å². The number of carboxylic acid groups (broad SMARTS) is 1. The third-order valence-corrected chi connectivity index (χ3v) is 8.42. The summed E-state index contributed by atoms with van der Waals surface area (Å²) < 4.78 is 11.5. The molecular weight excluding hydrogens is 482 g/mol. The van der Waals surface area contributed by atoms with Gasteiger partial charge in [-0.25, -0.2) is 9.78 Å². The van der Waals surface area contributed by atoms with Crippen LogP contribution in [0.3, 0.4) is 0 Å². The minimum Gasteiger partial charge on any atom is -0.480 e. The van der Waals surface area contributed by atoms with Crippen molar-refractivity contribution in [3.63, 3.8) is 0 Å². The maximum atomic E-state index is 13.4. The van der Waals surface area contributed by atoms with Crippen LogP contribution >= 0.6 is 0 Å². The molecule has 0 spiro atoms. The molecule has 1 saturated carbocycles. The lowest BCUT2D eigenvalue weighted by Crippen LogP contribution is -2.53. The number of hydrogen-bond donors (Lipinski definition) is 3. The zero-order chi connectivity index (χ0) is 26.4. The smallest absolute Gasteiger partial charge is 0.326 e. The van der Waals surface area contributed by atoms with Gasteiger partial charge in [0.15, 0.2) is 0 Å². The molecule has 2 aliphatic heterocycles. The van der Waals surface area contributed by atoms with Gasteiger partial charge in [0.1, 0.15) is 11.9 Å². The summed E-state index contributed by atoms with van der Waals surface area (Å²) in [6.45, 7) is 2.27. The standard InChI is InChI=1S/C30H39N3O5/c34-28(35)26(33-29(36)30(13-17-37-18-14-30)23-6-2-1-3-7-23)12-16-38-25-19-21(20-25)8-10-24-11-9-22-5-4-15-31-27(22)32-24/h1-3,6-7,9,11,21,25-26H,4-5,8,10,12-20H2,(H,31,32)(H,33,36)(H,34,35). The van der Waals surface area contributed by atoms with Crippen LogP contribution in [0.15, 0.2) is 42.5 Å². The molecule has 2 fully saturated rings. The summed E-state index contributed by atoms with van der Waals surface area (Å²) in [6.07, 6.45) is 7.78. The number of carbonyl (C=O) groups excluding carboxylic acids is 1. The highest BCUT2D eigenvalue weighted by Gasteiger charge is 2.43. The van der Waals surface area contributed by atoms with Crippen LogP contribution in [0, 0.1) is 5.92 Å². The van der Waals surface area contributed by atoms with E-state index in [-0.39, 0.29) is 18.4 Å². The fraction of sp³-hybridized carbons (Fsp3) is 0.567. The number of benzene rings is 1. The normalized spacial score (nSPS) is 22.8. The Morgan fingerprint density at radius 3 is 2.71 bits per heavy atom. The molecule has 1 aromatic carbocycles. The van der Waals surface area contributed by atoms with Crippen molar-refractivity contribution < 1.29 is 24.2 Å². The van der Waals surface area contributed by atoms with E-state index in [1.807, 2.05) is 30.3 Å². The highest BCUT2D eigenvalue weighted by molar-refractivity contribution is 5.91. The fourth-order valence-electron chi connectivity index (χ4n) is 5.94. The van der Waals surface area contributed by atoms with Gasteiger partial charge in [-0.05, 0) is 74.5 Å². The van der Waals surface area contributed by atoms with Crippen LogP contribution in [-0.2, 0) is 37.3 Å². The van der Waals surface area contributed by atoms with Gasteiger partial charge in [-0.3, -0.25) is 4.79 Å². The molecule has 8 heteroatoms. The number of rotatable bonds is 11. The average molecular weight is 522 g/mol. The van der Waals surface area contributed by atoms with Gasteiger partial charge in [0.2, 0.25) is 5.91 Å². The third kappa shape index (κ3) is 6.18. The van der Waals surface area contributed by atoms with Crippen molar-refractivity contribution in [1.29, 1.82) is 0 Å². The predicted octanol–water partition coefficient (Wildman–Crippen LogP) is 3.88. The lowest BCUT2D eigenvalue weighted by molar-refractivity contribution is -0.144. The lowest BCUT2D eigenvalue weighted by atomic mass is 9.73. The van der Waals surface area contributed by atoms with Crippen LogP contribution in [-0.4, -0.2) is 60.5 Å². The molecule has 204 valence electrons. The van der Waals surface area contributed by atoms with Gasteiger partial charge in [-0.1, -0.05) is 36.4 Å². The molecule has 2 aromatic rings. The second-order valence-electron chi connectivity index (χ2n) is 10.9. The van der Waals surface area contributed by atoms with E-state index in [4.69, 9.17) is 14.5 Å². The quantitative estimate of drug-likeness (QED) is 0.412. The van der Waals surface area contributed by atoms with Crippen molar-refractivity contribution in [2.24, 2.45) is 5.92 Å². The van der Waals surface area contributed by atoms with Crippen LogP contribution in [0.1, 0.15) is 61.8 Å². The number of aromatic nitrogens is 1. The largest absolute Gasteiger partial charge is 0.480 e. The van der Waals surface area contributed by atoms with E-state index >= 15 is 0 Å². The van der Waals surface area contributed by atoms with E-state index < -0.39 is 17.4 Å². The summed E-state index contributed by atoms with van der Waals surface area (Å²) >= 11 is 0. The topological polar surface area (TPSA) is 110 Å². The monoisotopic (exact) mass is 521 g/mol. The van der Waals surface area contributed by atoms with Crippen molar-refractivity contribution >= 4 is 17.7 Å². The summed E-state index contributed by atoms with van der Waals surface area (Å²) in [5, 5.41) is 16.0. The molecular formula is C30H39N3O5. The van der Waals surface area contributed by atoms with Gasteiger partial charge in [-0.2, -0.15) is 0 Å². The van der Waals surface area contributed by atoms with E-state index in [0.717, 1.165) is 55.7 Å². The number of pyridine rings is 1. The summed E-state index contributed by atoms with van der Waals surface area (Å²) in [5.41, 5.74) is 2.60. The molecule has 1 unspecified atom stereocenters. The van der Waals surface area contributed by atoms with Crippen LogP contribution < -0.4 is 10.6 Å². The maximum Gasteiger partial charge on any atom is 0.326 e. The molecule has 3 N–H and O–H groups in total. The van der Waals surface area contributed by atoms with Crippen molar-refractivity contribution in [3.8, 4) is 0 Å². The molecule has 3 aliphatic rings. The summed E-state index contributed by atoms with van der Waals surface area (Å²) in [4.78, 5) is 30.2. The van der Waals surface area contributed by atoms with Crippen molar-refractivity contribution in [1.82, 2.24) is 10.3 Å². The Morgan fingerprint density at radius 2 is 1.95 bits per heavy atom. The van der Waals surface area contributed by atoms with E-state index in [9.17, 15) is 14.7 Å². The number of anilines is 1. The first-order chi connectivity index (χ1) is 18.5. The van der Waals surface area contributed by atoms with Crippen LogP contribution in [0.2, 0.25) is 0 Å². The number of carboxylic acids is 1. The number of aryl methyl sites for hydroxylation is 2. The number of carbonyl (C=O) groups is 2. The zero-order valence-electron chi connectivity index (χ0n) is 22.0. The van der Waals surface area contributed by atoms with Crippen molar-refractivity contribution in [3.05, 3.63) is 59.3 Å². The number of nitrogens with one attached hydrogen (secondary N) is 2. The fourth-order valence-corrected chi connectivity index (χ4v) is 5.94. The van der Waals surface area contributed by atoms with E-state index in [1.165, 1.54) is 12.0 Å². The summed E-state index contributed by atoms with van der Waals surface area (Å²) in [6, 6.07) is 13.0. The molecule has 1 aromatic heterocycles. The molecule has 5 rings (SSSR count). The van der Waals surface area contributed by atoms with Gasteiger partial charge >= 0.3 is 5.97 Å². The molecule has 3 heterocycles. The number of nitrogens with zero attached hydrogens (tertiary/aromatic N) is 1. The van der Waals surface area contributed by atoms with E-state index in [0.29, 0.717) is 38.6 Å². The van der Waals surface area contributed by atoms with Gasteiger partial charge in [0, 0.05) is 38.5 Å². The Morgan fingerprint density at radius 1 is 1.16 bits per heavy atom. The van der Waals surface area contributed by atoms with Crippen molar-refractivity contribution in [2.45, 2.75) is 75.3 Å². The minimum absolute atomic E-state index is 0.162. The molecule has 8 nitrogen and oxygen atoms in total. The number of aliphatic carboxylic acids is 1. The number of amides is 1. The maximum absolute atomic E-state index is 13.4. The number of fused-ring (bicyclic) bond motifs is 1. The van der Waals surface area contributed by atoms with Gasteiger partial charge in [-0.15, -0.1) is 0 Å². The molecule has 38 heavy (non-hydrogen) atoms. The highest BCUT2D eigenvalue weighted by atomic mass is 16.5. The van der Waals surface area contributed by atoms with Crippen LogP contribution in [0.4, 0.5) is 5.82 Å². The second kappa shape index (κ2) is 12.3. The van der Waals surface area contributed by atoms with Crippen molar-refractivity contribution in [2.75, 3.05) is 31.7 Å². The van der Waals surface area contributed by atoms with Crippen LogP contribution in [0.25, 0.3) is 0 Å². The number of ether oxygens (including phenoxy) is 2. The minimum atomic E-state index is -1.03. The molecule has 1 atom stereocenters. The first-order valence-electron chi connectivity index (χ1n) is 14.0. The molecule has 1 aliphatic carbocycles.